The third kappa shape index (κ3) is 19.2. The standard InChI is InChI=1S/C20H25ClF3N5.C20H25ClN4O.C20H24ClN3O.C19H25ClN4O/c21-16-3-1-2-15(10-16)19(13-25)6-4-14(5-7-19)11-28-8-9-29-17(12-28)26-27-18(29)20(22,23)24;21-16-3-1-2-15(10-16)20(12-22)7-4-14(5-8-20)19(26)25-9-6-17-18(11-25)24-13-23-17;21-18-5-1-4-17(11-18)20(14-22)8-6-16(7-9-20)19(25)24-13-15-3-2-10-23-12-15;1-2-24-17(8-11-22-24)23-18(25)14-6-9-19(13-21,10-7-14)15-4-3-5-16(20)12-15/h1-3,10,14H,4-9,11-13,25H2;1-3,10,13-14H,4-9,11-12,22H2,(H,23,24);1-5,10-12,16H,6-9,13-14,22H2,(H,24,25);3-5,8,11-12,14H,2,6-7,9-10,13,21H2,1H3,(H,23,25). The van der Waals surface area contributed by atoms with Crippen LogP contribution in [0.15, 0.2) is 140 Å². The molecule has 0 spiro atoms. The molecule has 4 aliphatic carbocycles. The van der Waals surface area contributed by atoms with Crippen LogP contribution in [-0.2, 0) is 81.4 Å². The summed E-state index contributed by atoms with van der Waals surface area (Å²) in [6.07, 6.45) is 18.0. The highest BCUT2D eigenvalue weighted by molar-refractivity contribution is 6.31. The fraction of sp³-hybridized carbons (Fsp3) is 0.494. The van der Waals surface area contributed by atoms with Crippen molar-refractivity contribution in [2.45, 2.75) is 177 Å². The van der Waals surface area contributed by atoms with E-state index in [9.17, 15) is 27.6 Å². The lowest BCUT2D eigenvalue weighted by Crippen LogP contribution is -2.45. The van der Waals surface area contributed by atoms with Crippen molar-refractivity contribution in [2.75, 3.05) is 51.1 Å². The maximum absolute atomic E-state index is 13.0. The Morgan fingerprint density at radius 1 is 0.590 bits per heavy atom. The van der Waals surface area contributed by atoms with E-state index < -0.39 is 12.0 Å². The summed E-state index contributed by atoms with van der Waals surface area (Å²) in [5.41, 5.74) is 32.4. The number of hydrogen-bond donors (Lipinski definition) is 7. The van der Waals surface area contributed by atoms with Crippen LogP contribution in [0.3, 0.4) is 0 Å². The van der Waals surface area contributed by atoms with Crippen LogP contribution in [0.25, 0.3) is 0 Å². The van der Waals surface area contributed by atoms with E-state index in [1.807, 2.05) is 103 Å². The van der Waals surface area contributed by atoms with Gasteiger partial charge in [0.2, 0.25) is 23.5 Å². The summed E-state index contributed by atoms with van der Waals surface area (Å²) < 4.78 is 42.0. The number of rotatable bonds is 17. The van der Waals surface area contributed by atoms with Crippen molar-refractivity contribution in [3.63, 3.8) is 0 Å². The van der Waals surface area contributed by atoms with Crippen molar-refractivity contribution >= 4 is 69.9 Å². The molecule has 4 aromatic heterocycles. The Kier molecular flexibility index (Phi) is 26.8. The van der Waals surface area contributed by atoms with E-state index in [-0.39, 0.29) is 63.7 Å². The number of carbonyl (C=O) groups is 3. The van der Waals surface area contributed by atoms with Gasteiger partial charge in [0.15, 0.2) is 0 Å². The second-order valence-electron chi connectivity index (χ2n) is 29.5. The van der Waals surface area contributed by atoms with Crippen LogP contribution in [0, 0.1) is 23.7 Å². The van der Waals surface area contributed by atoms with Crippen LogP contribution >= 0.6 is 46.4 Å². The van der Waals surface area contributed by atoms with Gasteiger partial charge in [0, 0.05) is 150 Å². The first-order chi connectivity index (χ1) is 50.6. The minimum absolute atomic E-state index is 0.0130. The van der Waals surface area contributed by atoms with Crippen LogP contribution in [-0.4, -0.2) is 113 Å². The normalized spacial score (nSPS) is 24.6. The molecule has 4 aromatic carbocycles. The van der Waals surface area contributed by atoms with E-state index in [0.29, 0.717) is 64.1 Å². The molecular formula is C79H99Cl4F3N16O3. The molecule has 0 radical (unpaired) electrons. The van der Waals surface area contributed by atoms with Gasteiger partial charge in [0.05, 0.1) is 37.0 Å². The number of imidazole rings is 1. The second-order valence-corrected chi connectivity index (χ2v) is 31.3. The number of nitrogens with one attached hydrogen (secondary N) is 3. The van der Waals surface area contributed by atoms with E-state index in [0.717, 1.165) is 172 Å². The maximum atomic E-state index is 13.0. The number of alkyl halides is 3. The summed E-state index contributed by atoms with van der Waals surface area (Å²) in [5, 5.41) is 20.3. The number of hydrogen-bond acceptors (Lipinski definition) is 13. The Balaban J connectivity index is 0.000000140. The topological polar surface area (TPSA) is 276 Å². The number of aromatic amines is 1. The smallest absolute Gasteiger partial charge is 0.352 e. The van der Waals surface area contributed by atoms with Gasteiger partial charge < -0.3 is 48.0 Å². The lowest BCUT2D eigenvalue weighted by Gasteiger charge is -2.41. The number of anilines is 1. The highest BCUT2D eigenvalue weighted by Gasteiger charge is 2.44. The van der Waals surface area contributed by atoms with E-state index in [1.54, 1.807) is 29.6 Å². The van der Waals surface area contributed by atoms with E-state index in [1.165, 1.54) is 26.8 Å². The summed E-state index contributed by atoms with van der Waals surface area (Å²) in [5.74, 6) is 1.42. The van der Waals surface area contributed by atoms with Crippen LogP contribution in [0.2, 0.25) is 20.1 Å². The average Bonchev–Trinajstić information content (AvgIpc) is 1.80. The van der Waals surface area contributed by atoms with Gasteiger partial charge in [-0.25, -0.2) is 9.67 Å². The molecule has 11 N–H and O–H groups in total. The average molecular weight is 1520 g/mol. The number of pyridine rings is 1. The summed E-state index contributed by atoms with van der Waals surface area (Å²) in [7, 11) is 0. The number of aryl methyl sites for hydroxylation is 1. The van der Waals surface area contributed by atoms with Crippen molar-refractivity contribution in [2.24, 2.45) is 46.6 Å². The highest BCUT2D eigenvalue weighted by atomic mass is 35.5. The predicted molar refractivity (Wildman–Crippen MR) is 407 cm³/mol. The Morgan fingerprint density at radius 3 is 1.55 bits per heavy atom. The quantitative estimate of drug-likeness (QED) is 0.0447. The molecule has 0 bridgehead atoms. The van der Waals surface area contributed by atoms with E-state index in [4.69, 9.17) is 69.3 Å². The zero-order valence-electron chi connectivity index (χ0n) is 59.8. The molecule has 0 atom stereocenters. The zero-order valence-corrected chi connectivity index (χ0v) is 62.8. The molecule has 0 saturated heterocycles. The molecule has 105 heavy (non-hydrogen) atoms. The third-order valence-electron chi connectivity index (χ3n) is 23.4. The third-order valence-corrected chi connectivity index (χ3v) is 24.4. The summed E-state index contributed by atoms with van der Waals surface area (Å²) in [6, 6.07) is 37.6. The van der Waals surface area contributed by atoms with Crippen molar-refractivity contribution in [1.29, 1.82) is 0 Å². The Bertz CT molecular complexity index is 4160. The largest absolute Gasteiger partial charge is 0.451 e. The van der Waals surface area contributed by atoms with E-state index >= 15 is 0 Å². The summed E-state index contributed by atoms with van der Waals surface area (Å²) >= 11 is 24.7. The number of carbonyl (C=O) groups excluding carboxylic acids is 3. The first kappa shape index (κ1) is 78.8. The first-order valence-electron chi connectivity index (χ1n) is 37.0. The van der Waals surface area contributed by atoms with Gasteiger partial charge in [0.1, 0.15) is 11.6 Å². The lowest BCUT2D eigenvalue weighted by atomic mass is 9.66. The van der Waals surface area contributed by atoms with Crippen LogP contribution in [0.1, 0.15) is 161 Å². The first-order valence-corrected chi connectivity index (χ1v) is 38.5. The van der Waals surface area contributed by atoms with Gasteiger partial charge >= 0.3 is 6.18 Å². The number of fused-ring (bicyclic) bond motifs is 2. The van der Waals surface area contributed by atoms with Gasteiger partial charge in [-0.15, -0.1) is 10.2 Å². The molecule has 6 heterocycles. The molecule has 0 unspecified atom stereocenters. The molecule has 14 rings (SSSR count). The van der Waals surface area contributed by atoms with Crippen LogP contribution < -0.4 is 33.6 Å². The zero-order chi connectivity index (χ0) is 74.4. The van der Waals surface area contributed by atoms with Crippen molar-refractivity contribution in [3.8, 4) is 0 Å². The molecule has 4 saturated carbocycles. The Hall–Kier alpha value is -7.25. The van der Waals surface area contributed by atoms with Crippen molar-refractivity contribution < 1.29 is 27.6 Å². The summed E-state index contributed by atoms with van der Waals surface area (Å²) in [6.45, 7) is 9.16. The molecule has 562 valence electrons. The lowest BCUT2D eigenvalue weighted by molar-refractivity contribution is -0.148. The van der Waals surface area contributed by atoms with Crippen molar-refractivity contribution in [1.82, 2.24) is 54.6 Å². The second kappa shape index (κ2) is 35.6. The molecule has 3 amide bonds. The van der Waals surface area contributed by atoms with E-state index in [2.05, 4.69) is 70.0 Å². The minimum atomic E-state index is -4.46. The van der Waals surface area contributed by atoms with Crippen LogP contribution in [0.5, 0.6) is 0 Å². The Morgan fingerprint density at radius 2 is 1.09 bits per heavy atom. The molecule has 2 aliphatic heterocycles. The highest BCUT2D eigenvalue weighted by Crippen LogP contribution is 2.46. The van der Waals surface area contributed by atoms with Crippen molar-refractivity contribution in [3.05, 3.63) is 211 Å². The molecule has 26 heteroatoms. The number of aromatic nitrogens is 8. The predicted octanol–water partition coefficient (Wildman–Crippen LogP) is 13.9. The maximum Gasteiger partial charge on any atom is 0.451 e. The van der Waals surface area contributed by atoms with Gasteiger partial charge in [-0.05, 0) is 198 Å². The summed E-state index contributed by atoms with van der Waals surface area (Å²) in [4.78, 5) is 53.8. The number of nitrogens with two attached hydrogens (primary N) is 4. The molecule has 4 fully saturated rings. The van der Waals surface area contributed by atoms with Crippen LogP contribution in [0.4, 0.5) is 19.0 Å². The molecule has 6 aliphatic rings. The van der Waals surface area contributed by atoms with Gasteiger partial charge in [-0.3, -0.25) is 24.3 Å². The number of amides is 3. The number of H-pyrrole nitrogens is 1. The van der Waals surface area contributed by atoms with Gasteiger partial charge in [-0.2, -0.15) is 18.3 Å². The van der Waals surface area contributed by atoms with Gasteiger partial charge in [0.25, 0.3) is 0 Å². The fourth-order valence-electron chi connectivity index (χ4n) is 16.8. The number of nitrogens with zero attached hydrogens (tertiary/aromatic N) is 9. The number of halogens is 7. The minimum Gasteiger partial charge on any atom is -0.352 e. The molecule has 8 aromatic rings. The number of benzene rings is 4. The van der Waals surface area contributed by atoms with Gasteiger partial charge in [-0.1, -0.05) is 101 Å². The SMILES string of the molecule is CCn1nccc1NC(=O)C1CCC(CN)(c2cccc(Cl)c2)CC1.NCC1(c2cccc(Cl)c2)CCC(C(=O)N2CCc3nc[nH]c3C2)CC1.NCC1(c2cccc(Cl)c2)CCC(C(=O)NCc2cccnc2)CC1.NCC1(c2cccc(Cl)c2)CCC(CN2CCn3c(nnc3C(F)(F)F)C2)CC1. The monoisotopic (exact) mass is 1520 g/mol. The molecular weight excluding hydrogens is 1420 g/mol. The molecule has 19 nitrogen and oxygen atoms in total. The Labute approximate surface area is 633 Å². The fourth-order valence-corrected chi connectivity index (χ4v) is 17.5.